The van der Waals surface area contributed by atoms with Gasteiger partial charge in [-0.05, 0) is 13.8 Å². The first-order chi connectivity index (χ1) is 6.22. The van der Waals surface area contributed by atoms with E-state index in [2.05, 4.69) is 16.8 Å². The number of hydrogen-bond acceptors (Lipinski definition) is 3. The van der Waals surface area contributed by atoms with E-state index in [0.717, 1.165) is 23.5 Å². The minimum absolute atomic E-state index is 0.123. The van der Waals surface area contributed by atoms with Gasteiger partial charge >= 0.3 is 0 Å². The molecule has 1 rings (SSSR count). The highest BCUT2D eigenvalue weighted by Gasteiger charge is 2.05. The van der Waals surface area contributed by atoms with E-state index in [1.165, 1.54) is 0 Å². The van der Waals surface area contributed by atoms with Gasteiger partial charge in [0.15, 0.2) is 0 Å². The van der Waals surface area contributed by atoms with Gasteiger partial charge in [0.1, 0.15) is 0 Å². The van der Waals surface area contributed by atoms with Crippen LogP contribution in [0, 0.1) is 18.8 Å². The molecular weight excluding hydrogens is 180 g/mol. The van der Waals surface area contributed by atoms with Crippen molar-refractivity contribution in [1.82, 2.24) is 4.98 Å². The first kappa shape index (κ1) is 10.2. The number of hydrogen-bond donors (Lipinski definition) is 1. The van der Waals surface area contributed by atoms with E-state index in [-0.39, 0.29) is 6.04 Å². The maximum absolute atomic E-state index is 5.87. The van der Waals surface area contributed by atoms with Gasteiger partial charge in [-0.2, -0.15) is 0 Å². The van der Waals surface area contributed by atoms with Crippen LogP contribution in [0.15, 0.2) is 5.38 Å². The monoisotopic (exact) mass is 194 g/mol. The summed E-state index contributed by atoms with van der Waals surface area (Å²) in [5.41, 5.74) is 6.94. The van der Waals surface area contributed by atoms with Gasteiger partial charge in [-0.3, -0.25) is 0 Å². The van der Waals surface area contributed by atoms with Crippen molar-refractivity contribution in [1.29, 1.82) is 0 Å². The normalized spacial score (nSPS) is 11.9. The summed E-state index contributed by atoms with van der Waals surface area (Å²) in [5.74, 6) is 5.82. The Balaban J connectivity index is 2.43. The van der Waals surface area contributed by atoms with Crippen LogP contribution < -0.4 is 5.73 Å². The molecule has 1 aromatic rings. The SMILES string of the molecule is CC#CCC(N)Cc1nc(C)cs1. The largest absolute Gasteiger partial charge is 0.326 e. The minimum atomic E-state index is 0.123. The molecular formula is C10H14N2S. The fourth-order valence-corrected chi connectivity index (χ4v) is 1.89. The highest BCUT2D eigenvalue weighted by atomic mass is 32.1. The molecule has 1 aromatic heterocycles. The highest BCUT2D eigenvalue weighted by molar-refractivity contribution is 7.09. The standard InChI is InChI=1S/C10H14N2S/c1-3-4-5-9(11)6-10-12-8(2)7-13-10/h7,9H,5-6,11H2,1-2H3. The molecule has 0 aliphatic heterocycles. The Hall–Kier alpha value is -0.850. The van der Waals surface area contributed by atoms with Crippen molar-refractivity contribution >= 4 is 11.3 Å². The summed E-state index contributed by atoms with van der Waals surface area (Å²) < 4.78 is 0. The van der Waals surface area contributed by atoms with Crippen LogP contribution in [0.2, 0.25) is 0 Å². The topological polar surface area (TPSA) is 38.9 Å². The molecule has 1 heterocycles. The second kappa shape index (κ2) is 5.00. The third-order valence-electron chi connectivity index (χ3n) is 1.64. The van der Waals surface area contributed by atoms with E-state index in [1.807, 2.05) is 19.2 Å². The first-order valence-electron chi connectivity index (χ1n) is 4.28. The lowest BCUT2D eigenvalue weighted by molar-refractivity contribution is 0.685. The summed E-state index contributed by atoms with van der Waals surface area (Å²) in [6.07, 6.45) is 1.60. The van der Waals surface area contributed by atoms with Gasteiger partial charge < -0.3 is 5.73 Å². The fourth-order valence-electron chi connectivity index (χ4n) is 1.03. The Kier molecular flexibility index (Phi) is 3.94. The molecule has 0 aromatic carbocycles. The Morgan fingerprint density at radius 3 is 3.00 bits per heavy atom. The van der Waals surface area contributed by atoms with Gasteiger partial charge in [-0.1, -0.05) is 0 Å². The van der Waals surface area contributed by atoms with Gasteiger partial charge in [-0.25, -0.2) is 4.98 Å². The number of aromatic nitrogens is 1. The smallest absolute Gasteiger partial charge is 0.0943 e. The molecule has 0 aliphatic carbocycles. The van der Waals surface area contributed by atoms with Crippen molar-refractivity contribution in [3.8, 4) is 11.8 Å². The zero-order chi connectivity index (χ0) is 9.68. The zero-order valence-corrected chi connectivity index (χ0v) is 8.82. The maximum Gasteiger partial charge on any atom is 0.0943 e. The molecule has 0 saturated carbocycles. The molecule has 1 atom stereocenters. The zero-order valence-electron chi connectivity index (χ0n) is 8.00. The minimum Gasteiger partial charge on any atom is -0.326 e. The number of nitrogens with zero attached hydrogens (tertiary/aromatic N) is 1. The number of aryl methyl sites for hydroxylation is 1. The summed E-state index contributed by atoms with van der Waals surface area (Å²) in [4.78, 5) is 4.35. The molecule has 3 heteroatoms. The molecule has 0 fully saturated rings. The van der Waals surface area contributed by atoms with E-state index >= 15 is 0 Å². The summed E-state index contributed by atoms with van der Waals surface area (Å²) in [7, 11) is 0. The molecule has 0 amide bonds. The summed E-state index contributed by atoms with van der Waals surface area (Å²) in [6, 6.07) is 0.123. The van der Waals surface area contributed by atoms with E-state index in [1.54, 1.807) is 11.3 Å². The molecule has 2 nitrogen and oxygen atoms in total. The second-order valence-corrected chi connectivity index (χ2v) is 3.92. The summed E-state index contributed by atoms with van der Waals surface area (Å²) in [5, 5.41) is 3.16. The van der Waals surface area contributed by atoms with Crippen LogP contribution in [0.25, 0.3) is 0 Å². The molecule has 0 aliphatic rings. The van der Waals surface area contributed by atoms with Crippen LogP contribution in [0.3, 0.4) is 0 Å². The Bertz CT molecular complexity index is 319. The van der Waals surface area contributed by atoms with Gasteiger partial charge in [0, 0.05) is 30.0 Å². The van der Waals surface area contributed by atoms with Gasteiger partial charge in [0.25, 0.3) is 0 Å². The Morgan fingerprint density at radius 1 is 1.69 bits per heavy atom. The lowest BCUT2D eigenvalue weighted by Crippen LogP contribution is -2.21. The fraction of sp³-hybridized carbons (Fsp3) is 0.500. The molecule has 0 spiro atoms. The van der Waals surface area contributed by atoms with Crippen LogP contribution >= 0.6 is 11.3 Å². The predicted molar refractivity (Wildman–Crippen MR) is 56.6 cm³/mol. The molecule has 0 saturated heterocycles. The molecule has 2 N–H and O–H groups in total. The van der Waals surface area contributed by atoms with E-state index < -0.39 is 0 Å². The van der Waals surface area contributed by atoms with Crippen LogP contribution in [-0.4, -0.2) is 11.0 Å². The van der Waals surface area contributed by atoms with Gasteiger partial charge in [-0.15, -0.1) is 23.2 Å². The number of nitrogens with two attached hydrogens (primary N) is 1. The summed E-state index contributed by atoms with van der Waals surface area (Å²) in [6.45, 7) is 3.83. The Morgan fingerprint density at radius 2 is 2.46 bits per heavy atom. The second-order valence-electron chi connectivity index (χ2n) is 2.98. The van der Waals surface area contributed by atoms with Gasteiger partial charge in [0.2, 0.25) is 0 Å². The average Bonchev–Trinajstić information content (AvgIpc) is 2.48. The number of thiazole rings is 1. The van der Waals surface area contributed by atoms with Crippen LogP contribution in [0.1, 0.15) is 24.0 Å². The summed E-state index contributed by atoms with van der Waals surface area (Å²) >= 11 is 1.67. The van der Waals surface area contributed by atoms with Crippen molar-refractivity contribution in [2.45, 2.75) is 32.7 Å². The lowest BCUT2D eigenvalue weighted by atomic mass is 10.1. The average molecular weight is 194 g/mol. The van der Waals surface area contributed by atoms with E-state index in [4.69, 9.17) is 5.73 Å². The Labute approximate surface area is 83.2 Å². The predicted octanol–water partition coefficient (Wildman–Crippen LogP) is 1.73. The molecule has 0 bridgehead atoms. The van der Waals surface area contributed by atoms with Crippen molar-refractivity contribution in [3.05, 3.63) is 16.1 Å². The van der Waals surface area contributed by atoms with Crippen LogP contribution in [0.4, 0.5) is 0 Å². The van der Waals surface area contributed by atoms with Crippen molar-refractivity contribution in [2.24, 2.45) is 5.73 Å². The molecule has 0 radical (unpaired) electrons. The third kappa shape index (κ3) is 3.58. The third-order valence-corrected chi connectivity index (χ3v) is 2.63. The van der Waals surface area contributed by atoms with Gasteiger partial charge in [0.05, 0.1) is 5.01 Å². The first-order valence-corrected chi connectivity index (χ1v) is 5.16. The van der Waals surface area contributed by atoms with Crippen LogP contribution in [-0.2, 0) is 6.42 Å². The molecule has 13 heavy (non-hydrogen) atoms. The van der Waals surface area contributed by atoms with E-state index in [9.17, 15) is 0 Å². The molecule has 70 valence electrons. The maximum atomic E-state index is 5.87. The lowest BCUT2D eigenvalue weighted by Gasteiger charge is -2.03. The van der Waals surface area contributed by atoms with Crippen molar-refractivity contribution in [3.63, 3.8) is 0 Å². The van der Waals surface area contributed by atoms with E-state index in [0.29, 0.717) is 0 Å². The van der Waals surface area contributed by atoms with Crippen molar-refractivity contribution < 1.29 is 0 Å². The number of rotatable bonds is 3. The van der Waals surface area contributed by atoms with Crippen molar-refractivity contribution in [2.75, 3.05) is 0 Å². The molecule has 1 unspecified atom stereocenters. The van der Waals surface area contributed by atoms with Crippen LogP contribution in [0.5, 0.6) is 0 Å². The highest BCUT2D eigenvalue weighted by Crippen LogP contribution is 2.11. The quantitative estimate of drug-likeness (QED) is 0.744.